The summed E-state index contributed by atoms with van der Waals surface area (Å²) >= 11 is 5.42. The third kappa shape index (κ3) is 5.38. The van der Waals surface area contributed by atoms with Gasteiger partial charge in [-0.2, -0.15) is 0 Å². The number of aromatic amines is 1. The molecular weight excluding hydrogens is 442 g/mol. The average Bonchev–Trinajstić information content (AvgIpc) is 3.16. The summed E-state index contributed by atoms with van der Waals surface area (Å²) in [5, 5.41) is 1.49. The topological polar surface area (TPSA) is 70.4 Å². The number of nitrogens with zero attached hydrogens (tertiary/aromatic N) is 3. The number of hydrogen-bond donors (Lipinski definition) is 2. The van der Waals surface area contributed by atoms with Crippen LogP contribution in [0.4, 0.5) is 11.4 Å². The van der Waals surface area contributed by atoms with Crippen LogP contribution in [-0.2, 0) is 12.8 Å². The fraction of sp³-hybridized carbons (Fsp3) is 0.259. The van der Waals surface area contributed by atoms with Gasteiger partial charge in [-0.25, -0.2) is 0 Å². The zero-order valence-corrected chi connectivity index (χ0v) is 20.7. The van der Waals surface area contributed by atoms with E-state index < -0.39 is 0 Å². The van der Waals surface area contributed by atoms with E-state index in [2.05, 4.69) is 53.1 Å². The van der Waals surface area contributed by atoms with Gasteiger partial charge < -0.3 is 20.4 Å². The number of methoxy groups -OCH3 is 1. The second kappa shape index (κ2) is 10.7. The van der Waals surface area contributed by atoms with Gasteiger partial charge in [0.05, 0.1) is 12.8 Å². The Morgan fingerprint density at radius 3 is 2.50 bits per heavy atom. The Kier molecular flexibility index (Phi) is 7.45. The van der Waals surface area contributed by atoms with Crippen LogP contribution in [0.1, 0.15) is 16.8 Å². The molecule has 7 heteroatoms. The number of H-pyrrole nitrogens is 1. The number of pyridine rings is 1. The minimum absolute atomic E-state index is 0.289. The smallest absolute Gasteiger partial charge is 0.175 e. The summed E-state index contributed by atoms with van der Waals surface area (Å²) in [4.78, 5) is 11.9. The van der Waals surface area contributed by atoms with Crippen molar-refractivity contribution in [3.05, 3.63) is 83.8 Å². The molecule has 4 rings (SSSR count). The second-order valence-electron chi connectivity index (χ2n) is 8.49. The second-order valence-corrected chi connectivity index (χ2v) is 8.91. The Morgan fingerprint density at radius 1 is 1.03 bits per heavy atom. The zero-order valence-electron chi connectivity index (χ0n) is 19.9. The summed E-state index contributed by atoms with van der Waals surface area (Å²) in [7, 11) is 3.83. The van der Waals surface area contributed by atoms with Gasteiger partial charge in [-0.3, -0.25) is 9.88 Å². The molecule has 0 radical (unpaired) electrons. The fourth-order valence-electron chi connectivity index (χ4n) is 4.27. The van der Waals surface area contributed by atoms with Crippen molar-refractivity contribution in [2.24, 2.45) is 5.73 Å². The third-order valence-corrected chi connectivity index (χ3v) is 6.35. The van der Waals surface area contributed by atoms with E-state index in [9.17, 15) is 0 Å². The molecule has 34 heavy (non-hydrogen) atoms. The number of likely N-dealkylation sites (N-methyl/N-ethyl adjacent to an activating group) is 1. The molecule has 0 bridgehead atoms. The highest BCUT2D eigenvalue weighted by Crippen LogP contribution is 2.32. The monoisotopic (exact) mass is 473 g/mol. The highest BCUT2D eigenvalue weighted by molar-refractivity contribution is 7.80. The highest BCUT2D eigenvalue weighted by Gasteiger charge is 2.16. The van der Waals surface area contributed by atoms with E-state index in [-0.39, 0.29) is 5.11 Å². The number of aryl methyl sites for hydroxylation is 1. The van der Waals surface area contributed by atoms with Crippen LogP contribution in [0.15, 0.2) is 67.0 Å². The van der Waals surface area contributed by atoms with Gasteiger partial charge in [0, 0.05) is 53.8 Å². The van der Waals surface area contributed by atoms with Crippen molar-refractivity contribution in [2.75, 3.05) is 32.1 Å². The molecule has 2 aromatic carbocycles. The number of nitrogens with two attached hydrogens (primary N) is 1. The molecular formula is C27H31N5OS. The summed E-state index contributed by atoms with van der Waals surface area (Å²) in [6.07, 6.45) is 5.67. The van der Waals surface area contributed by atoms with Crippen molar-refractivity contribution < 1.29 is 4.74 Å². The molecule has 176 valence electrons. The minimum Gasteiger partial charge on any atom is -0.497 e. The summed E-state index contributed by atoms with van der Waals surface area (Å²) in [6.45, 7) is 4.11. The van der Waals surface area contributed by atoms with Crippen LogP contribution in [0.5, 0.6) is 5.75 Å². The number of hydrogen-bond acceptors (Lipinski definition) is 4. The summed E-state index contributed by atoms with van der Waals surface area (Å²) in [6, 6.07) is 18.2. The lowest BCUT2D eigenvalue weighted by atomic mass is 10.1. The molecule has 0 spiro atoms. The van der Waals surface area contributed by atoms with Crippen LogP contribution >= 0.6 is 12.2 Å². The van der Waals surface area contributed by atoms with Crippen LogP contribution in [0.25, 0.3) is 10.9 Å². The quantitative estimate of drug-likeness (QED) is 0.334. The number of thiocarbonyl (C=S) groups is 1. The van der Waals surface area contributed by atoms with E-state index in [0.29, 0.717) is 0 Å². The Morgan fingerprint density at radius 2 is 1.76 bits per heavy atom. The molecule has 0 aliphatic heterocycles. The van der Waals surface area contributed by atoms with Gasteiger partial charge in [0.1, 0.15) is 5.75 Å². The summed E-state index contributed by atoms with van der Waals surface area (Å²) in [5.74, 6) is 0.757. The van der Waals surface area contributed by atoms with Crippen LogP contribution < -0.4 is 15.4 Å². The number of aromatic nitrogens is 2. The zero-order chi connectivity index (χ0) is 24.1. The maximum absolute atomic E-state index is 6.16. The first-order valence-corrected chi connectivity index (χ1v) is 11.8. The largest absolute Gasteiger partial charge is 0.497 e. The molecule has 0 aliphatic rings. The van der Waals surface area contributed by atoms with E-state index in [1.807, 2.05) is 47.6 Å². The SMILES string of the molecule is COc1cccc(N(C(N)=S)c2ccc3[nH]c(C)c(CCN(C)CCc4ccncc4)c3c2)c1. The van der Waals surface area contributed by atoms with Gasteiger partial charge in [0.2, 0.25) is 0 Å². The Bertz CT molecular complexity index is 1270. The predicted molar refractivity (Wildman–Crippen MR) is 144 cm³/mol. The number of benzene rings is 2. The first-order valence-electron chi connectivity index (χ1n) is 11.4. The van der Waals surface area contributed by atoms with E-state index in [4.69, 9.17) is 22.7 Å². The standard InChI is InChI=1S/C27H31N5OS/c1-19-24(12-16-31(2)15-11-20-9-13-29-14-10-20)25-18-22(7-8-26(25)30-19)32(27(28)34)21-5-4-6-23(17-21)33-3/h4-10,13-14,17-18,30H,11-12,15-16H2,1-3H3,(H2,28,34). The number of anilines is 2. The summed E-state index contributed by atoms with van der Waals surface area (Å²) in [5.41, 5.74) is 12.9. The van der Waals surface area contributed by atoms with E-state index in [1.54, 1.807) is 7.11 Å². The van der Waals surface area contributed by atoms with Crippen molar-refractivity contribution in [3.63, 3.8) is 0 Å². The molecule has 6 nitrogen and oxygen atoms in total. The lowest BCUT2D eigenvalue weighted by molar-refractivity contribution is 0.343. The molecule has 0 saturated carbocycles. The lowest BCUT2D eigenvalue weighted by Gasteiger charge is -2.24. The predicted octanol–water partition coefficient (Wildman–Crippen LogP) is 4.98. The first-order chi connectivity index (χ1) is 16.5. The summed E-state index contributed by atoms with van der Waals surface area (Å²) < 4.78 is 5.39. The van der Waals surface area contributed by atoms with Crippen LogP contribution in [0, 0.1) is 6.92 Å². The molecule has 0 amide bonds. The average molecular weight is 474 g/mol. The minimum atomic E-state index is 0.289. The maximum atomic E-state index is 6.16. The molecule has 3 N–H and O–H groups in total. The highest BCUT2D eigenvalue weighted by atomic mass is 32.1. The Hall–Kier alpha value is -3.42. The van der Waals surface area contributed by atoms with E-state index in [1.165, 1.54) is 22.2 Å². The van der Waals surface area contributed by atoms with E-state index >= 15 is 0 Å². The lowest BCUT2D eigenvalue weighted by Crippen LogP contribution is -2.31. The third-order valence-electron chi connectivity index (χ3n) is 6.17. The first kappa shape index (κ1) is 23.7. The normalized spacial score (nSPS) is 11.2. The van der Waals surface area contributed by atoms with E-state index in [0.717, 1.165) is 48.6 Å². The van der Waals surface area contributed by atoms with Gasteiger partial charge in [-0.05, 0) is 92.6 Å². The maximum Gasteiger partial charge on any atom is 0.175 e. The Labute approximate surface area is 206 Å². The van der Waals surface area contributed by atoms with Crippen LogP contribution in [-0.4, -0.2) is 47.2 Å². The van der Waals surface area contributed by atoms with Crippen LogP contribution in [0.3, 0.4) is 0 Å². The fourth-order valence-corrected chi connectivity index (χ4v) is 4.48. The molecule has 0 saturated heterocycles. The molecule has 2 aromatic heterocycles. The van der Waals surface area contributed by atoms with Crippen molar-refractivity contribution in [2.45, 2.75) is 19.8 Å². The van der Waals surface area contributed by atoms with Crippen molar-refractivity contribution in [3.8, 4) is 5.75 Å². The van der Waals surface area contributed by atoms with Crippen molar-refractivity contribution in [1.82, 2.24) is 14.9 Å². The number of ether oxygens (including phenoxy) is 1. The van der Waals surface area contributed by atoms with Crippen LogP contribution in [0.2, 0.25) is 0 Å². The number of fused-ring (bicyclic) bond motifs is 1. The Balaban J connectivity index is 1.55. The van der Waals surface area contributed by atoms with Gasteiger partial charge in [0.15, 0.2) is 5.11 Å². The molecule has 4 aromatic rings. The van der Waals surface area contributed by atoms with Gasteiger partial charge in [-0.15, -0.1) is 0 Å². The van der Waals surface area contributed by atoms with Gasteiger partial charge >= 0.3 is 0 Å². The molecule has 0 unspecified atom stereocenters. The van der Waals surface area contributed by atoms with Gasteiger partial charge in [0.25, 0.3) is 0 Å². The molecule has 0 fully saturated rings. The number of nitrogens with one attached hydrogen (secondary N) is 1. The molecule has 0 aliphatic carbocycles. The molecule has 0 atom stereocenters. The van der Waals surface area contributed by atoms with Crippen molar-refractivity contribution >= 4 is 39.6 Å². The number of rotatable bonds is 9. The molecule has 2 heterocycles. The van der Waals surface area contributed by atoms with Gasteiger partial charge in [-0.1, -0.05) is 6.07 Å². The van der Waals surface area contributed by atoms with Crippen molar-refractivity contribution in [1.29, 1.82) is 0 Å².